The molecule has 3 aromatic rings. The van der Waals surface area contributed by atoms with Crippen molar-refractivity contribution in [2.75, 3.05) is 39.6 Å². The van der Waals surface area contributed by atoms with Gasteiger partial charge in [-0.25, -0.2) is 14.4 Å². The summed E-state index contributed by atoms with van der Waals surface area (Å²) in [7, 11) is 0. The molecule has 1 N–H and O–H groups in total. The van der Waals surface area contributed by atoms with Crippen LogP contribution in [0.25, 0.3) is 0 Å². The highest BCUT2D eigenvalue weighted by molar-refractivity contribution is 5.93. The molecule has 3 aromatic carbocycles. The molecule has 0 aliphatic heterocycles. The Morgan fingerprint density at radius 2 is 0.709 bits per heavy atom. The van der Waals surface area contributed by atoms with Crippen LogP contribution in [0.4, 0.5) is 0 Å². The number of carboxylic acids is 1. The van der Waals surface area contributed by atoms with Gasteiger partial charge in [0.25, 0.3) is 0 Å². The van der Waals surface area contributed by atoms with Crippen LogP contribution in [0.2, 0.25) is 0 Å². The fourth-order valence-corrected chi connectivity index (χ4v) is 8.17. The summed E-state index contributed by atoms with van der Waals surface area (Å²) in [5.41, 5.74) is 1.19. The zero-order chi connectivity index (χ0) is 57.1. The molecule has 2 fully saturated rings. The molecule has 0 unspecified atom stereocenters. The van der Waals surface area contributed by atoms with E-state index in [1.54, 1.807) is 48.5 Å². The lowest BCUT2D eigenvalue weighted by molar-refractivity contribution is -0.152. The predicted octanol–water partition coefficient (Wildman–Crippen LogP) is 6.30. The van der Waals surface area contributed by atoms with E-state index in [9.17, 15) is 57.8 Å². The van der Waals surface area contributed by atoms with Gasteiger partial charge >= 0.3 is 65.7 Å². The normalized spacial score (nSPS) is 16.5. The Hall–Kier alpha value is -8.69. The van der Waals surface area contributed by atoms with Gasteiger partial charge in [-0.05, 0) is 105 Å². The largest absolute Gasteiger partial charge is 0.478 e. The molecule has 2 saturated carbocycles. The first kappa shape index (κ1) is 61.2. The van der Waals surface area contributed by atoms with Crippen LogP contribution in [-0.2, 0) is 89.2 Å². The van der Waals surface area contributed by atoms with Gasteiger partial charge in [-0.3, -0.25) is 38.4 Å². The van der Waals surface area contributed by atoms with Gasteiger partial charge in [0, 0.05) is 25.0 Å². The molecular weight excluding hydrogens is 1040 g/mol. The Morgan fingerprint density at radius 3 is 1.05 bits per heavy atom. The van der Waals surface area contributed by atoms with Crippen LogP contribution in [0, 0.1) is 23.7 Å². The highest BCUT2D eigenvalue weighted by atomic mass is 16.6. The van der Waals surface area contributed by atoms with Gasteiger partial charge in [-0.2, -0.15) is 0 Å². The molecule has 0 spiro atoms. The molecule has 2 aliphatic carbocycles. The van der Waals surface area contributed by atoms with Gasteiger partial charge in [0.15, 0.2) is 0 Å². The molecule has 22 nitrogen and oxygen atoms in total. The number of carbonyl (C=O) groups excluding carboxylic acids is 10. The maximum absolute atomic E-state index is 13.2. The van der Waals surface area contributed by atoms with E-state index >= 15 is 0 Å². The summed E-state index contributed by atoms with van der Waals surface area (Å²) in [5.74, 6) is -9.28. The van der Waals surface area contributed by atoms with Crippen molar-refractivity contribution in [3.63, 3.8) is 0 Å². The first-order chi connectivity index (χ1) is 38.0. The molecule has 0 bridgehead atoms. The Balaban J connectivity index is 0.950. The van der Waals surface area contributed by atoms with E-state index in [2.05, 4.69) is 13.2 Å². The molecule has 0 heterocycles. The summed E-state index contributed by atoms with van der Waals surface area (Å²) in [6.07, 6.45) is 4.43. The van der Waals surface area contributed by atoms with Crippen LogP contribution in [0.15, 0.2) is 92.0 Å². The van der Waals surface area contributed by atoms with Crippen molar-refractivity contribution in [1.82, 2.24) is 0 Å². The standard InChI is InChI=1S/C57H62O22/c1-3-47(58)72-31-33-74-51(62)25-23-49(60)70-29-27-36-5-17-42(18-6-36)76-54(66)38-9-11-40(12-10-38)56(68)78-44-21-22-46(45(35-44)53(64)65)79-57(69)41-15-13-39(14-16-41)55(67)77-43-19-7-37(8-20-43)28-30-71-50(61)24-26-52(63)75-34-32-73-48(59)4-2/h3-8,17-22,35,38-41H,1-2,9-16,23-34H2,(H,64,65). The number of hydrogen-bond acceptors (Lipinski definition) is 21. The fraction of sp³-hybridized carbons (Fsp3) is 0.421. The molecule has 422 valence electrons. The molecule has 0 saturated heterocycles. The minimum Gasteiger partial charge on any atom is -0.478 e. The van der Waals surface area contributed by atoms with Gasteiger partial charge in [-0.1, -0.05) is 37.4 Å². The maximum Gasteiger partial charge on any atom is 0.339 e. The lowest BCUT2D eigenvalue weighted by Gasteiger charge is -2.26. The van der Waals surface area contributed by atoms with E-state index < -0.39 is 94.9 Å². The van der Waals surface area contributed by atoms with Crippen molar-refractivity contribution < 1.29 is 105 Å². The second kappa shape index (κ2) is 32.1. The highest BCUT2D eigenvalue weighted by Crippen LogP contribution is 2.35. The molecule has 5 rings (SSSR count). The third-order valence-electron chi connectivity index (χ3n) is 12.6. The zero-order valence-corrected chi connectivity index (χ0v) is 43.4. The number of rotatable bonds is 29. The molecular formula is C57H62O22. The number of benzene rings is 3. The Bertz CT molecular complexity index is 2660. The quantitative estimate of drug-likeness (QED) is 0.0262. The molecule has 2 aliphatic rings. The summed E-state index contributed by atoms with van der Waals surface area (Å²) in [4.78, 5) is 134. The van der Waals surface area contributed by atoms with E-state index in [1.165, 1.54) is 12.1 Å². The molecule has 0 aromatic heterocycles. The monoisotopic (exact) mass is 1100 g/mol. The number of carbonyl (C=O) groups is 11. The van der Waals surface area contributed by atoms with Gasteiger partial charge in [0.2, 0.25) is 0 Å². The van der Waals surface area contributed by atoms with E-state index in [4.69, 9.17) is 47.4 Å². The average Bonchev–Trinajstić information content (AvgIpc) is 3.46. The van der Waals surface area contributed by atoms with Crippen LogP contribution >= 0.6 is 0 Å². The number of ether oxygens (including phenoxy) is 10. The first-order valence-corrected chi connectivity index (χ1v) is 25.6. The van der Waals surface area contributed by atoms with E-state index in [1.807, 2.05) is 0 Å². The first-order valence-electron chi connectivity index (χ1n) is 25.6. The van der Waals surface area contributed by atoms with Crippen LogP contribution in [-0.4, -0.2) is 110 Å². The Kier molecular flexibility index (Phi) is 24.9. The Morgan fingerprint density at radius 1 is 0.405 bits per heavy atom. The Labute approximate surface area is 454 Å². The van der Waals surface area contributed by atoms with Crippen LogP contribution < -0.4 is 18.9 Å². The lowest BCUT2D eigenvalue weighted by Crippen LogP contribution is -2.31. The third-order valence-corrected chi connectivity index (χ3v) is 12.6. The molecule has 0 radical (unpaired) electrons. The molecule has 0 atom stereocenters. The van der Waals surface area contributed by atoms with Gasteiger partial charge in [-0.15, -0.1) is 0 Å². The van der Waals surface area contributed by atoms with Crippen molar-refractivity contribution in [2.45, 2.75) is 89.9 Å². The smallest absolute Gasteiger partial charge is 0.339 e. The molecule has 22 heteroatoms. The van der Waals surface area contributed by atoms with E-state index in [0.29, 0.717) is 62.9 Å². The highest BCUT2D eigenvalue weighted by Gasteiger charge is 2.34. The van der Waals surface area contributed by atoms with Crippen LogP contribution in [0.5, 0.6) is 23.0 Å². The third kappa shape index (κ3) is 21.7. The lowest BCUT2D eigenvalue weighted by atomic mass is 9.82. The number of carboxylic acid groups (broad SMARTS) is 1. The fourth-order valence-electron chi connectivity index (χ4n) is 8.17. The molecule has 0 amide bonds. The summed E-state index contributed by atoms with van der Waals surface area (Å²) in [6, 6.07) is 16.9. The van der Waals surface area contributed by atoms with Crippen molar-refractivity contribution in [1.29, 1.82) is 0 Å². The second-order valence-corrected chi connectivity index (χ2v) is 18.2. The zero-order valence-electron chi connectivity index (χ0n) is 43.4. The van der Waals surface area contributed by atoms with Gasteiger partial charge < -0.3 is 52.5 Å². The summed E-state index contributed by atoms with van der Waals surface area (Å²) < 4.78 is 51.8. The van der Waals surface area contributed by atoms with Crippen molar-refractivity contribution >= 4 is 65.7 Å². The van der Waals surface area contributed by atoms with E-state index in [-0.39, 0.29) is 89.7 Å². The van der Waals surface area contributed by atoms with Crippen LogP contribution in [0.3, 0.4) is 0 Å². The maximum atomic E-state index is 13.2. The second-order valence-electron chi connectivity index (χ2n) is 18.2. The topological polar surface area (TPSA) is 300 Å². The summed E-state index contributed by atoms with van der Waals surface area (Å²) in [5, 5.41) is 9.98. The number of esters is 10. The van der Waals surface area contributed by atoms with Crippen molar-refractivity contribution in [3.05, 3.63) is 109 Å². The van der Waals surface area contributed by atoms with Crippen molar-refractivity contribution in [3.8, 4) is 23.0 Å². The van der Waals surface area contributed by atoms with Crippen LogP contribution in [0.1, 0.15) is 98.5 Å². The minimum atomic E-state index is -1.42. The average molecular weight is 1100 g/mol. The summed E-state index contributed by atoms with van der Waals surface area (Å²) >= 11 is 0. The van der Waals surface area contributed by atoms with Gasteiger partial charge in [0.05, 0.1) is 62.6 Å². The number of aromatic carboxylic acids is 1. The van der Waals surface area contributed by atoms with Crippen molar-refractivity contribution in [2.24, 2.45) is 23.7 Å². The predicted molar refractivity (Wildman–Crippen MR) is 272 cm³/mol. The minimum absolute atomic E-state index is 0.0473. The molecule has 79 heavy (non-hydrogen) atoms. The number of hydrogen-bond donors (Lipinski definition) is 1. The SMILES string of the molecule is C=CC(=O)OCCOC(=O)CCC(=O)OCCc1ccc(OC(=O)C2CCC(C(=O)Oc3ccc(OC(=O)C4CCC(C(=O)Oc5ccc(CCOC(=O)CCC(=O)OCCOC(=O)C=C)cc5)CC4)c(C(=O)O)c3)CC2)cc1. The van der Waals surface area contributed by atoms with Gasteiger partial charge in [0.1, 0.15) is 55.0 Å². The summed E-state index contributed by atoms with van der Waals surface area (Å²) in [6.45, 7) is 6.03. The van der Waals surface area contributed by atoms with E-state index in [0.717, 1.165) is 29.3 Å².